The van der Waals surface area contributed by atoms with Crippen molar-refractivity contribution in [1.82, 2.24) is 29.8 Å². The minimum atomic E-state index is -5.53. The molecule has 3 aliphatic heterocycles. The minimum Gasteiger partial charge on any atom is -0.391 e. The van der Waals surface area contributed by atoms with Crippen molar-refractivity contribution in [3.63, 3.8) is 0 Å². The van der Waals surface area contributed by atoms with Gasteiger partial charge in [0.2, 0.25) is 0 Å². The summed E-state index contributed by atoms with van der Waals surface area (Å²) in [7, 11) is -5.53. The van der Waals surface area contributed by atoms with Crippen LogP contribution >= 0.6 is 23.2 Å². The Bertz CT molecular complexity index is 1600. The summed E-state index contributed by atoms with van der Waals surface area (Å²) in [5.41, 5.74) is 2.59. The Hall–Kier alpha value is -2.67. The second-order valence-electron chi connectivity index (χ2n) is 12.6. The largest absolute Gasteiger partial charge is 0.511 e. The number of carbonyl (C=O) groups excluding carboxylic acids is 1. The second-order valence-corrected chi connectivity index (χ2v) is 15.1. The van der Waals surface area contributed by atoms with E-state index in [0.717, 1.165) is 64.1 Å². The number of rotatable bonds is 11. The first kappa shape index (κ1) is 37.6. The van der Waals surface area contributed by atoms with Crippen LogP contribution < -0.4 is 25.6 Å². The molecule has 3 saturated heterocycles. The molecule has 3 aliphatic rings. The van der Waals surface area contributed by atoms with Crippen molar-refractivity contribution in [2.75, 3.05) is 74.4 Å². The van der Waals surface area contributed by atoms with Gasteiger partial charge in [-0.05, 0) is 56.5 Å². The van der Waals surface area contributed by atoms with Gasteiger partial charge in [0.15, 0.2) is 22.5 Å². The highest BCUT2D eigenvalue weighted by Crippen LogP contribution is 2.32. The number of anilines is 3. The van der Waals surface area contributed by atoms with Gasteiger partial charge in [-0.25, -0.2) is 23.1 Å². The van der Waals surface area contributed by atoms with Crippen molar-refractivity contribution in [1.29, 1.82) is 0 Å². The standard InChI is InChI=1S/C30H42Cl2F3N9O4S/c1-2-21-17-43(28-26(32)39-25(27(36)40-28)29(46)37-8-9-38-49(47,48)30(33,34)35)13-14-44(21)22-5-10-41(11-6-22)16-19-3-4-20(31)15-24(19)42-12-7-23(45)18-42/h3-4,15,21-23,38,45H,2,5-14,16-18H2,1H3,(H2,36,40)(H,37,46)/t21-,23+/m0/s1. The Labute approximate surface area is 294 Å². The fourth-order valence-electron chi connectivity index (χ4n) is 6.80. The van der Waals surface area contributed by atoms with Crippen LogP contribution in [0.2, 0.25) is 10.2 Å². The zero-order chi connectivity index (χ0) is 35.5. The third kappa shape index (κ3) is 8.98. The molecule has 19 heteroatoms. The molecule has 1 aromatic heterocycles. The normalized spacial score (nSPS) is 21.8. The molecule has 3 fully saturated rings. The van der Waals surface area contributed by atoms with Crippen molar-refractivity contribution in [3.05, 3.63) is 39.6 Å². The van der Waals surface area contributed by atoms with Crippen molar-refractivity contribution in [2.24, 2.45) is 0 Å². The molecular weight excluding hydrogens is 710 g/mol. The fourth-order valence-corrected chi connectivity index (χ4v) is 7.74. The number of nitrogen functional groups attached to an aromatic ring is 1. The van der Waals surface area contributed by atoms with Crippen LogP contribution in [-0.2, 0) is 16.6 Å². The molecule has 0 saturated carbocycles. The fraction of sp³-hybridized carbons (Fsp3) is 0.633. The number of hydrogen-bond donors (Lipinski definition) is 4. The van der Waals surface area contributed by atoms with Gasteiger partial charge in [0.05, 0.1) is 6.10 Å². The predicted octanol–water partition coefficient (Wildman–Crippen LogP) is 2.67. The number of nitrogens with zero attached hydrogens (tertiary/aromatic N) is 6. The molecule has 5 N–H and O–H groups in total. The summed E-state index contributed by atoms with van der Waals surface area (Å²) in [5, 5.41) is 13.0. The number of piperidine rings is 1. The number of nitrogens with two attached hydrogens (primary N) is 1. The first-order valence-corrected chi connectivity index (χ1v) is 18.5. The number of aliphatic hydroxyl groups excluding tert-OH is 1. The molecule has 4 heterocycles. The highest BCUT2D eigenvalue weighted by atomic mass is 35.5. The lowest BCUT2D eigenvalue weighted by Gasteiger charge is -2.47. The molecule has 2 aromatic rings. The van der Waals surface area contributed by atoms with E-state index in [-0.39, 0.29) is 28.8 Å². The third-order valence-corrected chi connectivity index (χ3v) is 11.0. The number of sulfonamides is 1. The number of halogens is 5. The van der Waals surface area contributed by atoms with E-state index in [2.05, 4.69) is 43.0 Å². The summed E-state index contributed by atoms with van der Waals surface area (Å²) in [6, 6.07) is 6.66. The molecule has 5 rings (SSSR count). The number of piperazine rings is 1. The molecule has 272 valence electrons. The number of amides is 1. The number of β-amino-alcohol motifs (C(OH)–C–C–N with tert-alkyl or cyclic N) is 1. The highest BCUT2D eigenvalue weighted by molar-refractivity contribution is 7.90. The van der Waals surface area contributed by atoms with Crippen molar-refractivity contribution >= 4 is 56.5 Å². The van der Waals surface area contributed by atoms with Gasteiger partial charge < -0.3 is 26.0 Å². The Morgan fingerprint density at radius 2 is 1.78 bits per heavy atom. The SMILES string of the molecule is CC[C@H]1CN(c2nc(N)c(C(=O)NCCNS(=O)(=O)C(F)(F)F)nc2Cl)CCN1C1CCN(Cc2ccc(Cl)cc2N2CC[C@@H](O)C2)CC1. The zero-order valence-corrected chi connectivity index (χ0v) is 29.4. The smallest absolute Gasteiger partial charge is 0.391 e. The highest BCUT2D eigenvalue weighted by Gasteiger charge is 2.45. The van der Waals surface area contributed by atoms with Gasteiger partial charge in [-0.15, -0.1) is 0 Å². The van der Waals surface area contributed by atoms with E-state index in [0.29, 0.717) is 36.5 Å². The van der Waals surface area contributed by atoms with Crippen LogP contribution in [0.25, 0.3) is 0 Å². The van der Waals surface area contributed by atoms with Crippen LogP contribution in [0.5, 0.6) is 0 Å². The number of carbonyl (C=O) groups is 1. The van der Waals surface area contributed by atoms with E-state index < -0.39 is 34.5 Å². The maximum atomic E-state index is 12.6. The van der Waals surface area contributed by atoms with Gasteiger partial charge in [-0.1, -0.05) is 36.2 Å². The summed E-state index contributed by atoms with van der Waals surface area (Å²) in [6.45, 7) is 7.18. The number of nitrogens with one attached hydrogen (secondary N) is 2. The van der Waals surface area contributed by atoms with E-state index in [1.54, 1.807) is 0 Å². The summed E-state index contributed by atoms with van der Waals surface area (Å²) in [5.74, 6) is -0.722. The first-order valence-electron chi connectivity index (χ1n) is 16.3. The van der Waals surface area contributed by atoms with Gasteiger partial charge in [0.1, 0.15) is 0 Å². The summed E-state index contributed by atoms with van der Waals surface area (Å²) < 4.78 is 61.0. The van der Waals surface area contributed by atoms with Gasteiger partial charge in [-0.2, -0.15) is 13.2 Å². The maximum Gasteiger partial charge on any atom is 0.511 e. The van der Waals surface area contributed by atoms with Crippen LogP contribution in [0.3, 0.4) is 0 Å². The van der Waals surface area contributed by atoms with Gasteiger partial charge in [-0.3, -0.25) is 14.6 Å². The number of aromatic nitrogens is 2. The van der Waals surface area contributed by atoms with Crippen molar-refractivity contribution < 1.29 is 31.5 Å². The lowest BCUT2D eigenvalue weighted by atomic mass is 9.97. The van der Waals surface area contributed by atoms with E-state index in [1.165, 1.54) is 10.3 Å². The summed E-state index contributed by atoms with van der Waals surface area (Å²) in [6.07, 6.45) is 3.39. The average Bonchev–Trinajstić information content (AvgIpc) is 3.50. The van der Waals surface area contributed by atoms with Gasteiger partial charge >= 0.3 is 15.5 Å². The monoisotopic (exact) mass is 751 g/mol. The lowest BCUT2D eigenvalue weighted by Crippen LogP contribution is -2.58. The molecule has 49 heavy (non-hydrogen) atoms. The van der Waals surface area contributed by atoms with E-state index >= 15 is 0 Å². The van der Waals surface area contributed by atoms with Crippen LogP contribution in [0.15, 0.2) is 18.2 Å². The molecule has 0 radical (unpaired) electrons. The maximum absolute atomic E-state index is 12.6. The summed E-state index contributed by atoms with van der Waals surface area (Å²) >= 11 is 12.8. The van der Waals surface area contributed by atoms with Gasteiger partial charge in [0, 0.05) is 75.2 Å². The zero-order valence-electron chi connectivity index (χ0n) is 27.1. The van der Waals surface area contributed by atoms with Gasteiger partial charge in [0.25, 0.3) is 5.91 Å². The van der Waals surface area contributed by atoms with Crippen LogP contribution in [0.1, 0.15) is 48.7 Å². The number of hydrogen-bond acceptors (Lipinski definition) is 11. The number of alkyl halides is 3. The third-order valence-electron chi connectivity index (χ3n) is 9.36. The van der Waals surface area contributed by atoms with Crippen LogP contribution in [0, 0.1) is 0 Å². The second kappa shape index (κ2) is 15.7. The topological polar surface area (TPSA) is 160 Å². The average molecular weight is 753 g/mol. The predicted molar refractivity (Wildman–Crippen MR) is 182 cm³/mol. The molecule has 1 aromatic carbocycles. The lowest BCUT2D eigenvalue weighted by molar-refractivity contribution is -0.0447. The Morgan fingerprint density at radius 3 is 2.43 bits per heavy atom. The Balaban J connectivity index is 1.14. The van der Waals surface area contributed by atoms with E-state index in [4.69, 9.17) is 28.9 Å². The number of aliphatic hydroxyl groups is 1. The van der Waals surface area contributed by atoms with E-state index in [9.17, 15) is 31.5 Å². The molecule has 1 amide bonds. The van der Waals surface area contributed by atoms with Crippen LogP contribution in [-0.4, -0.2) is 122 Å². The number of likely N-dealkylation sites (tertiary alicyclic amines) is 1. The molecular formula is C30H42Cl2F3N9O4S. The van der Waals surface area contributed by atoms with Crippen molar-refractivity contribution in [2.45, 2.75) is 62.8 Å². The number of benzene rings is 1. The molecule has 13 nitrogen and oxygen atoms in total. The Kier molecular flexibility index (Phi) is 12.0. The Morgan fingerprint density at radius 1 is 1.04 bits per heavy atom. The minimum absolute atomic E-state index is 0.0428. The molecule has 0 unspecified atom stereocenters. The quantitative estimate of drug-likeness (QED) is 0.250. The van der Waals surface area contributed by atoms with Crippen LogP contribution in [0.4, 0.5) is 30.5 Å². The van der Waals surface area contributed by atoms with E-state index in [1.807, 2.05) is 17.0 Å². The van der Waals surface area contributed by atoms with Crippen molar-refractivity contribution in [3.8, 4) is 0 Å². The molecule has 0 bridgehead atoms. The first-order chi connectivity index (χ1) is 23.2. The molecule has 0 spiro atoms. The molecule has 2 atom stereocenters. The summed E-state index contributed by atoms with van der Waals surface area (Å²) in [4.78, 5) is 30.3. The molecule has 0 aliphatic carbocycles.